The molecule has 4 aromatic rings. The van der Waals surface area contributed by atoms with Gasteiger partial charge in [0.05, 0.1) is 0 Å². The van der Waals surface area contributed by atoms with E-state index in [1.165, 1.54) is 24.5 Å². The van der Waals surface area contributed by atoms with Crippen LogP contribution in [-0.4, -0.2) is 0 Å². The maximum absolute atomic E-state index is 6.55. The molecule has 0 atom stereocenters. The quantitative estimate of drug-likeness (QED) is 0.207. The normalized spacial score (nSPS) is 11.0. The van der Waals surface area contributed by atoms with E-state index in [1.54, 1.807) is 0 Å². The van der Waals surface area contributed by atoms with Crippen molar-refractivity contribution in [2.75, 3.05) is 0 Å². The molecule has 4 heteroatoms. The van der Waals surface area contributed by atoms with E-state index in [-0.39, 0.29) is 0 Å². The average molecular weight is 602 g/mol. The van der Waals surface area contributed by atoms with Crippen LogP contribution in [0.3, 0.4) is 0 Å². The zero-order valence-electron chi connectivity index (χ0n) is 16.4. The third-order valence-electron chi connectivity index (χ3n) is 5.03. The molecule has 0 aliphatic carbocycles. The summed E-state index contributed by atoms with van der Waals surface area (Å²) in [7, 11) is 4.32. The van der Waals surface area contributed by atoms with Crippen LogP contribution >= 0.6 is 15.3 Å². The molecule has 0 spiro atoms. The molecule has 0 unspecified atom stereocenters. The fourth-order valence-corrected chi connectivity index (χ4v) is 12.4. The van der Waals surface area contributed by atoms with Crippen LogP contribution in [0, 0.1) is 6.92 Å². The van der Waals surface area contributed by atoms with Crippen molar-refractivity contribution in [3.05, 3.63) is 115 Å². The molecule has 0 N–H and O–H groups in total. The summed E-state index contributed by atoms with van der Waals surface area (Å²) in [6.45, 7) is 2.13. The van der Waals surface area contributed by atoms with Crippen molar-refractivity contribution < 1.29 is 23.3 Å². The molecule has 0 amide bonds. The molecule has 140 valence electrons. The first kappa shape index (κ1) is 20.6. The minimum absolute atomic E-state index is 1.07. The molecule has 4 aromatic carbocycles. The van der Waals surface area contributed by atoms with E-state index in [9.17, 15) is 0 Å². The van der Waals surface area contributed by atoms with E-state index in [2.05, 4.69) is 116 Å². The van der Waals surface area contributed by atoms with Gasteiger partial charge in [0.2, 0.25) is 0 Å². The van der Waals surface area contributed by atoms with Gasteiger partial charge < -0.3 is 0 Å². The molecule has 0 saturated carbocycles. The Hall–Kier alpha value is -1.66. The summed E-state index contributed by atoms with van der Waals surface area (Å²) < 4.78 is 6.89. The molecule has 29 heavy (non-hydrogen) atoms. The van der Waals surface area contributed by atoms with Gasteiger partial charge in [-0.3, -0.25) is 0 Å². The van der Waals surface area contributed by atoms with E-state index in [4.69, 9.17) is 13.0 Å². The Morgan fingerprint density at radius 1 is 0.655 bits per heavy atom. The van der Waals surface area contributed by atoms with Crippen LogP contribution in [0.15, 0.2) is 114 Å². The number of nitrogens with zero attached hydrogens (tertiary/aromatic N) is 1. The Morgan fingerprint density at radius 3 is 1.52 bits per heavy atom. The van der Waals surface area contributed by atoms with Crippen LogP contribution in [0.25, 0.3) is 0 Å². The van der Waals surface area contributed by atoms with Crippen molar-refractivity contribution in [2.24, 2.45) is 4.74 Å². The Labute approximate surface area is 188 Å². The van der Waals surface area contributed by atoms with Gasteiger partial charge in [-0.05, 0) is 0 Å². The number of benzene rings is 4. The fraction of sp³-hybridized carbons (Fsp3) is 0.0400. The monoisotopic (exact) mass is 603 g/mol. The fourth-order valence-electron chi connectivity index (χ4n) is 3.63. The van der Waals surface area contributed by atoms with Crippen LogP contribution in [0.1, 0.15) is 5.56 Å². The van der Waals surface area contributed by atoms with Gasteiger partial charge >= 0.3 is 190 Å². The Bertz CT molecular complexity index is 1040. The summed E-state index contributed by atoms with van der Waals surface area (Å²) in [4.78, 5) is 0. The average Bonchev–Trinajstić information content (AvgIpc) is 2.80. The molecule has 0 aliphatic heterocycles. The second-order valence-corrected chi connectivity index (χ2v) is 16.4. The summed E-state index contributed by atoms with van der Waals surface area (Å²) >= 11 is -1.66. The van der Waals surface area contributed by atoms with Gasteiger partial charge in [0.15, 0.2) is 0 Å². The zero-order chi connectivity index (χ0) is 20.1. The van der Waals surface area contributed by atoms with Gasteiger partial charge in [-0.1, -0.05) is 0 Å². The topological polar surface area (TPSA) is 12.4 Å². The molecule has 0 bridgehead atoms. The SMILES string of the molecule is Cc1ccc(N=P(c2ccccc2)(c2ccccc2)c2ccccc2)[c]([Hg][Cl])c1. The van der Waals surface area contributed by atoms with Gasteiger partial charge in [0, 0.05) is 0 Å². The number of aryl methyl sites for hydroxylation is 1. The standard InChI is InChI=1S/C25H21NP.ClH.Hg/c1-21-17-19-22(20-18-21)26-27(23-11-5-2-6-12-23,24-13-7-3-8-14-24)25-15-9-4-10-16-25;;/h2-19H,1H3;1H;/q;;+1/p-1. The molecule has 0 aliphatic rings. The summed E-state index contributed by atoms with van der Waals surface area (Å²) in [5, 5.41) is 3.78. The zero-order valence-corrected chi connectivity index (χ0v) is 23.5. The molecular weight excluding hydrogens is 581 g/mol. The van der Waals surface area contributed by atoms with Crippen molar-refractivity contribution in [1.29, 1.82) is 0 Å². The second-order valence-electron chi connectivity index (χ2n) is 7.01. The molecule has 1 nitrogen and oxygen atoms in total. The second kappa shape index (κ2) is 9.43. The Balaban J connectivity index is 2.15. The summed E-state index contributed by atoms with van der Waals surface area (Å²) in [6.07, 6.45) is 0. The van der Waals surface area contributed by atoms with Crippen LogP contribution < -0.4 is 19.0 Å². The predicted octanol–water partition coefficient (Wildman–Crippen LogP) is 5.67. The summed E-state index contributed by atoms with van der Waals surface area (Å²) in [5.74, 6) is 0. The first-order chi connectivity index (χ1) is 14.2. The first-order valence-corrected chi connectivity index (χ1v) is 20.9. The van der Waals surface area contributed by atoms with E-state index < -0.39 is 30.4 Å². The molecule has 0 aromatic heterocycles. The van der Waals surface area contributed by atoms with E-state index in [0.29, 0.717) is 0 Å². The van der Waals surface area contributed by atoms with Gasteiger partial charge in [-0.15, -0.1) is 0 Å². The number of hydrogen-bond donors (Lipinski definition) is 0. The van der Waals surface area contributed by atoms with Crippen molar-refractivity contribution in [2.45, 2.75) is 6.92 Å². The van der Waals surface area contributed by atoms with E-state index in [0.717, 1.165) is 5.69 Å². The summed E-state index contributed by atoms with van der Waals surface area (Å²) in [6, 6.07) is 38.8. The van der Waals surface area contributed by atoms with Crippen molar-refractivity contribution in [3.8, 4) is 0 Å². The van der Waals surface area contributed by atoms with Gasteiger partial charge in [0.25, 0.3) is 0 Å². The van der Waals surface area contributed by atoms with E-state index in [1.807, 2.05) is 0 Å². The Kier molecular flexibility index (Phi) is 6.70. The van der Waals surface area contributed by atoms with Gasteiger partial charge in [0.1, 0.15) is 0 Å². The van der Waals surface area contributed by atoms with Gasteiger partial charge in [-0.2, -0.15) is 0 Å². The van der Waals surface area contributed by atoms with E-state index >= 15 is 0 Å². The predicted molar refractivity (Wildman–Crippen MR) is 124 cm³/mol. The van der Waals surface area contributed by atoms with Crippen molar-refractivity contribution >= 4 is 40.0 Å². The van der Waals surface area contributed by atoms with Crippen LogP contribution in [0.4, 0.5) is 5.69 Å². The molecule has 0 heterocycles. The minimum atomic E-state index is -2.23. The number of halogens is 1. The first-order valence-electron chi connectivity index (χ1n) is 9.69. The summed E-state index contributed by atoms with van der Waals surface area (Å²) in [5.41, 5.74) is 2.32. The van der Waals surface area contributed by atoms with Crippen LogP contribution in [0.2, 0.25) is 0 Å². The van der Waals surface area contributed by atoms with Crippen molar-refractivity contribution in [3.63, 3.8) is 0 Å². The third kappa shape index (κ3) is 4.28. The molecule has 0 radical (unpaired) electrons. The van der Waals surface area contributed by atoms with Gasteiger partial charge in [-0.25, -0.2) is 0 Å². The Morgan fingerprint density at radius 2 is 1.10 bits per heavy atom. The molecule has 0 fully saturated rings. The van der Waals surface area contributed by atoms with Crippen molar-refractivity contribution in [1.82, 2.24) is 0 Å². The number of hydrogen-bond acceptors (Lipinski definition) is 1. The molecule has 4 rings (SSSR count). The molecular formula is C25H21ClHgNP. The van der Waals surface area contributed by atoms with Crippen LogP contribution in [-0.2, 0) is 23.3 Å². The maximum atomic E-state index is 6.55. The van der Waals surface area contributed by atoms with Crippen LogP contribution in [0.5, 0.6) is 0 Å². The third-order valence-corrected chi connectivity index (χ3v) is 14.5. The number of rotatable bonds is 5. The molecule has 0 saturated heterocycles.